The molecule has 1 aromatic rings. The molecule has 0 aromatic heterocycles. The van der Waals surface area contributed by atoms with Crippen LogP contribution in [-0.2, 0) is 9.47 Å². The topological polar surface area (TPSA) is 56.8 Å². The van der Waals surface area contributed by atoms with Crippen LogP contribution in [0, 0.1) is 6.92 Å². The van der Waals surface area contributed by atoms with Gasteiger partial charge in [0.1, 0.15) is 44.6 Å². The van der Waals surface area contributed by atoms with Crippen LogP contribution in [0.1, 0.15) is 17.2 Å². The Hall–Kier alpha value is 0.260. The van der Waals surface area contributed by atoms with Crippen molar-refractivity contribution in [1.29, 1.82) is 0 Å². The summed E-state index contributed by atoms with van der Waals surface area (Å²) in [7, 11) is 0. The number of aliphatic hydroxyl groups is 1. The number of aryl methyl sites for hydroxylation is 1. The van der Waals surface area contributed by atoms with E-state index in [1.165, 1.54) is 9.80 Å². The second-order valence-corrected chi connectivity index (χ2v) is 8.60. The minimum absolute atomic E-state index is 0. The Kier molecular flexibility index (Phi) is 9.22. The molecule has 3 N–H and O–H groups in total. The number of aliphatic hydroxyl groups excluding tert-OH is 1. The van der Waals surface area contributed by atoms with Gasteiger partial charge >= 0.3 is 0 Å². The Labute approximate surface area is 196 Å². The summed E-state index contributed by atoms with van der Waals surface area (Å²) < 4.78 is 18.4. The average molecular weight is 589 g/mol. The highest BCUT2D eigenvalue weighted by molar-refractivity contribution is 9.10. The van der Waals surface area contributed by atoms with Gasteiger partial charge in [0, 0.05) is 10.0 Å². The molecule has 28 heavy (non-hydrogen) atoms. The first-order valence-electron chi connectivity index (χ1n) is 9.55. The van der Waals surface area contributed by atoms with Crippen LogP contribution in [-0.4, -0.2) is 76.4 Å². The molecule has 6 nitrogen and oxygen atoms in total. The molecule has 2 fully saturated rings. The van der Waals surface area contributed by atoms with Gasteiger partial charge in [0.05, 0.1) is 26.4 Å². The Bertz CT molecular complexity index is 654. The quantitative estimate of drug-likeness (QED) is 0.329. The van der Waals surface area contributed by atoms with E-state index in [4.69, 9.17) is 14.2 Å². The molecule has 3 heterocycles. The molecule has 0 saturated carbocycles. The summed E-state index contributed by atoms with van der Waals surface area (Å²) in [6.45, 7) is 10.3. The molecule has 9 heteroatoms. The third-order valence-electron chi connectivity index (χ3n) is 6.16. The summed E-state index contributed by atoms with van der Waals surface area (Å²) in [4.78, 5) is 2.89. The van der Waals surface area contributed by atoms with Crippen LogP contribution in [0.3, 0.4) is 0 Å². The Morgan fingerprint density at radius 2 is 1.68 bits per heavy atom. The van der Waals surface area contributed by atoms with E-state index in [0.717, 1.165) is 80.5 Å². The molecule has 0 amide bonds. The average Bonchev–Trinajstić information content (AvgIpc) is 2.67. The first-order chi connectivity index (χ1) is 12.6. The van der Waals surface area contributed by atoms with Gasteiger partial charge in [-0.2, -0.15) is 0 Å². The van der Waals surface area contributed by atoms with E-state index >= 15 is 0 Å². The van der Waals surface area contributed by atoms with Crippen LogP contribution in [0.25, 0.3) is 0 Å². The number of rotatable bonds is 3. The van der Waals surface area contributed by atoms with Gasteiger partial charge in [0.15, 0.2) is 6.61 Å². The van der Waals surface area contributed by atoms with Crippen molar-refractivity contribution < 1.29 is 63.1 Å². The molecular formula is C19H29Br3N2O4. The van der Waals surface area contributed by atoms with Crippen molar-refractivity contribution in [3.8, 4) is 5.75 Å². The lowest BCUT2D eigenvalue weighted by Crippen LogP contribution is -3.30. The van der Waals surface area contributed by atoms with E-state index in [-0.39, 0.29) is 39.5 Å². The smallest absolute Gasteiger partial charge is 0.211 e. The van der Waals surface area contributed by atoms with Crippen molar-refractivity contribution in [2.45, 2.75) is 18.6 Å². The normalized spacial score (nSPS) is 28.5. The SMILES string of the molecule is Cc1cc2c(cc1Br)C(O)C(C[NH+]1CCOCC1)([NH+]1CCOCC1)CO2.[Br-].[Br-]. The van der Waals surface area contributed by atoms with Crippen LogP contribution in [0.15, 0.2) is 16.6 Å². The van der Waals surface area contributed by atoms with E-state index in [2.05, 4.69) is 15.9 Å². The van der Waals surface area contributed by atoms with Gasteiger partial charge in [0.2, 0.25) is 5.54 Å². The van der Waals surface area contributed by atoms with E-state index in [1.54, 1.807) is 0 Å². The number of ether oxygens (including phenoxy) is 3. The number of fused-ring (bicyclic) bond motifs is 1. The van der Waals surface area contributed by atoms with E-state index < -0.39 is 6.10 Å². The van der Waals surface area contributed by atoms with Crippen molar-refractivity contribution in [3.05, 3.63) is 27.7 Å². The summed E-state index contributed by atoms with van der Waals surface area (Å²) in [5, 5.41) is 11.6. The van der Waals surface area contributed by atoms with Crippen LogP contribution in [0.5, 0.6) is 5.75 Å². The molecule has 2 atom stereocenters. The largest absolute Gasteiger partial charge is 1.00 e. The number of nitrogens with one attached hydrogen (secondary N) is 2. The monoisotopic (exact) mass is 586 g/mol. The van der Waals surface area contributed by atoms with Gasteiger partial charge in [-0.15, -0.1) is 0 Å². The highest BCUT2D eigenvalue weighted by Crippen LogP contribution is 2.39. The van der Waals surface area contributed by atoms with E-state index in [9.17, 15) is 5.11 Å². The Balaban J connectivity index is 0.00000140. The zero-order chi connectivity index (χ0) is 18.1. The minimum atomic E-state index is -0.549. The van der Waals surface area contributed by atoms with Crippen LogP contribution in [0.4, 0.5) is 0 Å². The molecular weight excluding hydrogens is 560 g/mol. The van der Waals surface area contributed by atoms with Crippen molar-refractivity contribution >= 4 is 15.9 Å². The fraction of sp³-hybridized carbons (Fsp3) is 0.684. The second-order valence-electron chi connectivity index (χ2n) is 7.74. The van der Waals surface area contributed by atoms with Gasteiger partial charge in [-0.3, -0.25) is 0 Å². The summed E-state index contributed by atoms with van der Waals surface area (Å²) in [5.41, 5.74) is 1.68. The number of benzene rings is 1. The lowest BCUT2D eigenvalue weighted by Gasteiger charge is -2.48. The van der Waals surface area contributed by atoms with Gasteiger partial charge in [-0.25, -0.2) is 0 Å². The second kappa shape index (κ2) is 10.5. The zero-order valence-electron chi connectivity index (χ0n) is 16.1. The lowest BCUT2D eigenvalue weighted by atomic mass is 9.82. The maximum Gasteiger partial charge on any atom is 0.211 e. The van der Waals surface area contributed by atoms with Gasteiger partial charge in [-0.05, 0) is 24.6 Å². The van der Waals surface area contributed by atoms with Crippen LogP contribution in [0.2, 0.25) is 0 Å². The molecule has 160 valence electrons. The van der Waals surface area contributed by atoms with Crippen LogP contribution >= 0.6 is 15.9 Å². The van der Waals surface area contributed by atoms with Crippen molar-refractivity contribution in [2.24, 2.45) is 0 Å². The number of halogens is 3. The van der Waals surface area contributed by atoms with Gasteiger partial charge < -0.3 is 63.1 Å². The highest BCUT2D eigenvalue weighted by atomic mass is 79.9. The van der Waals surface area contributed by atoms with E-state index in [1.807, 2.05) is 19.1 Å². The molecule has 0 bridgehead atoms. The molecule has 1 aromatic carbocycles. The first-order valence-corrected chi connectivity index (χ1v) is 10.3. The molecule has 2 unspecified atom stereocenters. The van der Waals surface area contributed by atoms with Crippen LogP contribution < -0.4 is 48.5 Å². The molecule has 4 rings (SSSR count). The molecule has 0 spiro atoms. The number of hydrogen-bond donors (Lipinski definition) is 3. The zero-order valence-corrected chi connectivity index (χ0v) is 20.9. The molecule has 2 saturated heterocycles. The Morgan fingerprint density at radius 1 is 1.07 bits per heavy atom. The summed E-state index contributed by atoms with van der Waals surface area (Å²) in [5.74, 6) is 0.818. The number of quaternary nitrogens is 2. The minimum Gasteiger partial charge on any atom is -1.00 e. The molecule has 3 aliphatic heterocycles. The number of morpholine rings is 2. The predicted octanol–water partition coefficient (Wildman–Crippen LogP) is -7.24. The van der Waals surface area contributed by atoms with Crippen molar-refractivity contribution in [3.63, 3.8) is 0 Å². The Morgan fingerprint density at radius 3 is 2.32 bits per heavy atom. The highest BCUT2D eigenvalue weighted by Gasteiger charge is 2.55. The third-order valence-corrected chi connectivity index (χ3v) is 7.01. The third kappa shape index (κ3) is 4.77. The lowest BCUT2D eigenvalue weighted by molar-refractivity contribution is -1.01. The molecule has 3 aliphatic rings. The first kappa shape index (κ1) is 24.5. The van der Waals surface area contributed by atoms with Crippen molar-refractivity contribution in [1.82, 2.24) is 0 Å². The maximum atomic E-state index is 11.6. The van der Waals surface area contributed by atoms with E-state index in [0.29, 0.717) is 6.61 Å². The van der Waals surface area contributed by atoms with Gasteiger partial charge in [0.25, 0.3) is 0 Å². The van der Waals surface area contributed by atoms with Crippen molar-refractivity contribution in [2.75, 3.05) is 65.8 Å². The molecule has 0 aliphatic carbocycles. The molecule has 0 radical (unpaired) electrons. The maximum absolute atomic E-state index is 11.6. The predicted molar refractivity (Wildman–Crippen MR) is 100.0 cm³/mol. The fourth-order valence-corrected chi connectivity index (χ4v) is 4.92. The van der Waals surface area contributed by atoms with Gasteiger partial charge in [-0.1, -0.05) is 15.9 Å². The fourth-order valence-electron chi connectivity index (χ4n) is 4.56. The summed E-state index contributed by atoms with van der Waals surface area (Å²) >= 11 is 3.62. The number of hydrogen-bond acceptors (Lipinski definition) is 4. The summed E-state index contributed by atoms with van der Waals surface area (Å²) in [6, 6.07) is 4.07. The standard InChI is InChI=1S/C19H27BrN2O4.2BrH/c1-14-10-17-15(11-16(14)20)18(23)19(13-26-17,22-4-8-25-9-5-22)12-21-2-6-24-7-3-21;;/h10-11,18,23H,2-9,12-13H2,1H3;2*1H. The summed E-state index contributed by atoms with van der Waals surface area (Å²) in [6.07, 6.45) is -0.549.